The van der Waals surface area contributed by atoms with Crippen molar-refractivity contribution >= 4 is 28.0 Å². The molecule has 7 heavy (non-hydrogen) atoms. The van der Waals surface area contributed by atoms with Crippen molar-refractivity contribution in [2.45, 2.75) is 0 Å². The Morgan fingerprint density at radius 2 is 1.14 bits per heavy atom. The summed E-state index contributed by atoms with van der Waals surface area (Å²) in [4.78, 5) is 0. The van der Waals surface area contributed by atoms with Crippen LogP contribution in [0.2, 0.25) is 0 Å². The summed E-state index contributed by atoms with van der Waals surface area (Å²) in [6, 6.07) is 0. The minimum absolute atomic E-state index is 0. The zero-order valence-corrected chi connectivity index (χ0v) is 14.1. The Hall–Kier alpha value is 2.43. The first-order chi connectivity index (χ1) is 1.73. The predicted octanol–water partition coefficient (Wildman–Crippen LogP) is -2.89. The van der Waals surface area contributed by atoms with Gasteiger partial charge in [-0.1, -0.05) is 0 Å². The van der Waals surface area contributed by atoms with Gasteiger partial charge >= 0.3 is 81.3 Å². The molecule has 0 aliphatic heterocycles. The molecule has 7 heteroatoms. The van der Waals surface area contributed by atoms with Gasteiger partial charge in [0.1, 0.15) is 0 Å². The van der Waals surface area contributed by atoms with Crippen molar-refractivity contribution in [1.29, 1.82) is 0 Å². The molecule has 0 amide bonds. The maximum absolute atomic E-state index is 8.54. The van der Waals surface area contributed by atoms with Gasteiger partial charge < -0.3 is 13.5 Å². The Balaban J connectivity index is -0.0000000150. The first kappa shape index (κ1) is 22.7. The Kier molecular flexibility index (Phi) is 51.2. The van der Waals surface area contributed by atoms with E-state index in [1.165, 1.54) is 0 Å². The van der Waals surface area contributed by atoms with Crippen molar-refractivity contribution < 1.29 is 66.8 Å². The molecule has 0 N–H and O–H groups in total. The molecule has 34 valence electrons. The van der Waals surface area contributed by atoms with Crippen molar-refractivity contribution in [2.75, 3.05) is 0 Å². The smallest absolute Gasteiger partial charge is 2.00 e. The quantitative estimate of drug-likeness (QED) is 0.422. The summed E-state index contributed by atoms with van der Waals surface area (Å²) in [7, 11) is 0. The molecule has 0 saturated carbocycles. The van der Waals surface area contributed by atoms with Crippen molar-refractivity contribution in [3.05, 3.63) is 0 Å². The molecular formula is Cd2O3SSe. The topological polar surface area (TPSA) is 63.2 Å². The van der Waals surface area contributed by atoms with Gasteiger partial charge in [-0.15, -0.1) is 0 Å². The largest absolute Gasteiger partial charge is 2.00 e. The van der Waals surface area contributed by atoms with Crippen LogP contribution in [0.4, 0.5) is 0 Å². The molecule has 0 aromatic heterocycles. The normalized spacial score (nSPS) is 5.00. The fraction of sp³-hybridized carbons (Fsp3) is 0. The van der Waals surface area contributed by atoms with Crippen LogP contribution in [0.1, 0.15) is 0 Å². The van der Waals surface area contributed by atoms with Gasteiger partial charge in [0.2, 0.25) is 0 Å². The summed E-state index contributed by atoms with van der Waals surface area (Å²) in [6.45, 7) is 0. The summed E-state index contributed by atoms with van der Waals surface area (Å²) in [5.41, 5.74) is 0. The number of rotatable bonds is 0. The standard InChI is InChI=1S/2Cd.H2O3Se.S/c;;1-4(2)3;/h;;(H2,1,2,3);/q2*+2;;-2/p-2. The van der Waals surface area contributed by atoms with Gasteiger partial charge in [-0.3, -0.25) is 0 Å². The Morgan fingerprint density at radius 3 is 1.14 bits per heavy atom. The maximum atomic E-state index is 8.54. The zero-order valence-electron chi connectivity index (χ0n) is 3.46. The average Bonchev–Trinajstić information content (AvgIpc) is 0.811. The van der Waals surface area contributed by atoms with E-state index >= 15 is 0 Å². The van der Waals surface area contributed by atoms with Gasteiger partial charge in [0.25, 0.3) is 0 Å². The van der Waals surface area contributed by atoms with E-state index in [-0.39, 0.29) is 68.1 Å². The maximum Gasteiger partial charge on any atom is 2.00 e. The van der Waals surface area contributed by atoms with Crippen molar-refractivity contribution in [3.63, 3.8) is 0 Å². The summed E-state index contributed by atoms with van der Waals surface area (Å²) in [5.74, 6) is 0. The molecule has 0 spiro atoms. The molecule has 0 radical (unpaired) electrons. The minimum Gasteiger partial charge on any atom is -2.00 e. The van der Waals surface area contributed by atoms with Crippen molar-refractivity contribution in [2.24, 2.45) is 0 Å². The molecule has 0 aromatic rings. The SMILES string of the molecule is O=[Se]([O-])[O-].[Cd+2].[Cd+2].[S-2]. The third kappa shape index (κ3) is 58.9. The van der Waals surface area contributed by atoms with E-state index in [1.807, 2.05) is 0 Å². The zero-order chi connectivity index (χ0) is 3.58. The minimum atomic E-state index is -3.79. The monoisotopic (exact) mass is 388 g/mol. The third-order valence-corrected chi connectivity index (χ3v) is 0. The van der Waals surface area contributed by atoms with Gasteiger partial charge in [0.05, 0.1) is 0 Å². The fourth-order valence-corrected chi connectivity index (χ4v) is 0. The van der Waals surface area contributed by atoms with E-state index in [2.05, 4.69) is 0 Å². The van der Waals surface area contributed by atoms with Crippen LogP contribution in [0.25, 0.3) is 0 Å². The molecule has 0 fully saturated rings. The molecule has 0 rings (SSSR count). The molecule has 0 aliphatic carbocycles. The second-order valence-corrected chi connectivity index (χ2v) is 1.06. The van der Waals surface area contributed by atoms with Crippen molar-refractivity contribution in [1.82, 2.24) is 0 Å². The van der Waals surface area contributed by atoms with Crippen LogP contribution in [0.5, 0.6) is 0 Å². The summed E-state index contributed by atoms with van der Waals surface area (Å²) in [5, 5.41) is 0. The second-order valence-electron chi connectivity index (χ2n) is 0.204. The van der Waals surface area contributed by atoms with E-state index in [9.17, 15) is 0 Å². The Morgan fingerprint density at radius 1 is 1.14 bits per heavy atom. The van der Waals surface area contributed by atoms with Crippen LogP contribution in [0.15, 0.2) is 0 Å². The first-order valence-corrected chi connectivity index (χ1v) is 2.60. The molecule has 3 nitrogen and oxygen atoms in total. The number of hydrogen-bond donors (Lipinski definition) is 0. The molecule has 0 heterocycles. The van der Waals surface area contributed by atoms with Crippen LogP contribution < -0.4 is 8.38 Å². The molecule has 0 unspecified atom stereocenters. The predicted molar refractivity (Wildman–Crippen MR) is 13.8 cm³/mol. The summed E-state index contributed by atoms with van der Waals surface area (Å²) in [6.07, 6.45) is 0. The molecule has 0 atom stereocenters. The average molecular weight is 384 g/mol. The van der Waals surface area contributed by atoms with Crippen molar-refractivity contribution in [3.8, 4) is 0 Å². The molecule has 0 saturated heterocycles. The third-order valence-electron chi connectivity index (χ3n) is 0. The van der Waals surface area contributed by atoms with Gasteiger partial charge in [-0.2, -0.15) is 0 Å². The van der Waals surface area contributed by atoms with Crippen LogP contribution in [0.3, 0.4) is 0 Å². The summed E-state index contributed by atoms with van der Waals surface area (Å²) < 4.78 is 25.6. The van der Waals surface area contributed by atoms with E-state index in [0.717, 1.165) is 0 Å². The number of hydrogen-bond acceptors (Lipinski definition) is 3. The Bertz CT molecular complexity index is 35.9. The van der Waals surface area contributed by atoms with Crippen LogP contribution >= 0.6 is 0 Å². The van der Waals surface area contributed by atoms with E-state index in [0.29, 0.717) is 0 Å². The van der Waals surface area contributed by atoms with Gasteiger partial charge in [-0.05, 0) is 0 Å². The Labute approximate surface area is 93.4 Å². The van der Waals surface area contributed by atoms with Crippen LogP contribution in [-0.4, -0.2) is 14.5 Å². The van der Waals surface area contributed by atoms with Gasteiger partial charge in [0, 0.05) is 0 Å². The molecule has 0 aliphatic rings. The van der Waals surface area contributed by atoms with E-state index in [1.54, 1.807) is 0 Å². The molecular weight excluding hydrogens is 384 g/mol. The van der Waals surface area contributed by atoms with Gasteiger partial charge in [-0.25, -0.2) is 0 Å². The summed E-state index contributed by atoms with van der Waals surface area (Å²) >= 11 is -3.79. The first-order valence-electron chi connectivity index (χ1n) is 0.500. The van der Waals surface area contributed by atoms with Crippen LogP contribution in [-0.2, 0) is 71.9 Å². The molecule has 0 aromatic carbocycles. The second kappa shape index (κ2) is 15.8. The van der Waals surface area contributed by atoms with E-state index in [4.69, 9.17) is 12.2 Å². The van der Waals surface area contributed by atoms with Gasteiger partial charge in [0.15, 0.2) is 0 Å². The van der Waals surface area contributed by atoms with E-state index < -0.39 is 14.5 Å². The van der Waals surface area contributed by atoms with Crippen LogP contribution in [0, 0.1) is 0 Å². The fourth-order valence-electron chi connectivity index (χ4n) is 0. The molecule has 0 bridgehead atoms.